The van der Waals surface area contributed by atoms with Gasteiger partial charge in [0.1, 0.15) is 0 Å². The van der Waals surface area contributed by atoms with Crippen molar-refractivity contribution >= 4 is 5.96 Å². The van der Waals surface area contributed by atoms with Gasteiger partial charge in [-0.1, -0.05) is 43.5 Å². The molecule has 1 aromatic carbocycles. The number of nitrogens with zero attached hydrogens (tertiary/aromatic N) is 2. The standard InChI is InChI=1S/C19H30N4/c1-15-12-20-19(22-15)21-13-16-8-6-7-9-17(16)14-23(2)18-10-4-3-5-11-18/h6-9,15,18H,3-5,10-14H2,1-2H3,(H2,20,21,22). The van der Waals surface area contributed by atoms with Crippen molar-refractivity contribution in [2.45, 2.75) is 64.2 Å². The number of nitrogens with one attached hydrogen (secondary N) is 2. The summed E-state index contributed by atoms with van der Waals surface area (Å²) in [6.45, 7) is 4.91. The first-order valence-electron chi connectivity index (χ1n) is 9.04. The molecule has 1 aliphatic carbocycles. The molecule has 1 aromatic rings. The summed E-state index contributed by atoms with van der Waals surface area (Å²) in [5.74, 6) is 0.938. The SMILES string of the molecule is CC1CN=C(NCc2ccccc2CN(C)C2CCCCC2)N1. The van der Waals surface area contributed by atoms with Crippen LogP contribution in [0.5, 0.6) is 0 Å². The fourth-order valence-electron chi connectivity index (χ4n) is 3.64. The van der Waals surface area contributed by atoms with Crippen molar-refractivity contribution in [3.05, 3.63) is 35.4 Å². The summed E-state index contributed by atoms with van der Waals surface area (Å²) in [6.07, 6.45) is 6.91. The molecule has 1 fully saturated rings. The minimum absolute atomic E-state index is 0.449. The largest absolute Gasteiger partial charge is 0.352 e. The predicted octanol–water partition coefficient (Wildman–Crippen LogP) is 2.89. The Balaban J connectivity index is 1.58. The Bertz CT molecular complexity index is 534. The number of guanidine groups is 1. The Morgan fingerprint density at radius 1 is 1.17 bits per heavy atom. The zero-order valence-electron chi connectivity index (χ0n) is 14.5. The van der Waals surface area contributed by atoms with E-state index in [1.54, 1.807) is 0 Å². The molecule has 4 nitrogen and oxygen atoms in total. The Labute approximate surface area is 140 Å². The van der Waals surface area contributed by atoms with Gasteiger partial charge in [0.15, 0.2) is 5.96 Å². The number of rotatable bonds is 5. The smallest absolute Gasteiger partial charge is 0.191 e. The predicted molar refractivity (Wildman–Crippen MR) is 96.5 cm³/mol. The third-order valence-electron chi connectivity index (χ3n) is 5.09. The molecule has 0 aromatic heterocycles. The van der Waals surface area contributed by atoms with Gasteiger partial charge in [0, 0.05) is 25.2 Å². The Kier molecular flexibility index (Phi) is 5.55. The third-order valence-corrected chi connectivity index (χ3v) is 5.09. The molecule has 2 aliphatic rings. The second-order valence-electron chi connectivity index (χ2n) is 7.06. The molecule has 2 N–H and O–H groups in total. The molecule has 0 bridgehead atoms. The number of aliphatic imine (C=N–C) groups is 1. The van der Waals surface area contributed by atoms with E-state index < -0.39 is 0 Å². The van der Waals surface area contributed by atoms with E-state index in [0.29, 0.717) is 6.04 Å². The van der Waals surface area contributed by atoms with E-state index in [2.05, 4.69) is 58.8 Å². The van der Waals surface area contributed by atoms with Gasteiger partial charge in [0.25, 0.3) is 0 Å². The maximum atomic E-state index is 4.48. The first-order chi connectivity index (χ1) is 11.2. The summed E-state index contributed by atoms with van der Waals surface area (Å²) in [5, 5.41) is 6.81. The zero-order valence-corrected chi connectivity index (χ0v) is 14.5. The van der Waals surface area contributed by atoms with Crippen LogP contribution in [0.2, 0.25) is 0 Å². The van der Waals surface area contributed by atoms with Crippen molar-refractivity contribution in [1.29, 1.82) is 0 Å². The maximum absolute atomic E-state index is 4.48. The Morgan fingerprint density at radius 3 is 2.61 bits per heavy atom. The molecule has 4 heteroatoms. The van der Waals surface area contributed by atoms with Crippen LogP contribution in [-0.4, -0.2) is 36.5 Å². The molecule has 3 rings (SSSR count). The van der Waals surface area contributed by atoms with Gasteiger partial charge in [-0.2, -0.15) is 0 Å². The van der Waals surface area contributed by atoms with Gasteiger partial charge < -0.3 is 10.6 Å². The molecule has 1 unspecified atom stereocenters. The maximum Gasteiger partial charge on any atom is 0.191 e. The molecule has 0 amide bonds. The van der Waals surface area contributed by atoms with Crippen LogP contribution in [-0.2, 0) is 13.1 Å². The first-order valence-corrected chi connectivity index (χ1v) is 9.04. The van der Waals surface area contributed by atoms with E-state index in [-0.39, 0.29) is 0 Å². The lowest BCUT2D eigenvalue weighted by Gasteiger charge is -2.31. The van der Waals surface area contributed by atoms with Crippen LogP contribution in [0.1, 0.15) is 50.2 Å². The van der Waals surface area contributed by atoms with E-state index in [1.807, 2.05) is 0 Å². The fourth-order valence-corrected chi connectivity index (χ4v) is 3.64. The molecule has 126 valence electrons. The molecule has 1 saturated carbocycles. The van der Waals surface area contributed by atoms with Gasteiger partial charge in [0.2, 0.25) is 0 Å². The number of hydrogen-bond donors (Lipinski definition) is 2. The van der Waals surface area contributed by atoms with E-state index in [4.69, 9.17) is 0 Å². The van der Waals surface area contributed by atoms with Crippen LogP contribution < -0.4 is 10.6 Å². The Hall–Kier alpha value is -1.55. The zero-order chi connectivity index (χ0) is 16.1. The van der Waals surface area contributed by atoms with E-state index in [0.717, 1.165) is 31.6 Å². The van der Waals surface area contributed by atoms with Gasteiger partial charge in [0.05, 0.1) is 6.54 Å². The minimum Gasteiger partial charge on any atom is -0.352 e. The van der Waals surface area contributed by atoms with Crippen LogP contribution in [0.15, 0.2) is 29.3 Å². The summed E-state index contributed by atoms with van der Waals surface area (Å²) in [5.41, 5.74) is 2.80. The summed E-state index contributed by atoms with van der Waals surface area (Å²) >= 11 is 0. The second-order valence-corrected chi connectivity index (χ2v) is 7.06. The molecule has 1 atom stereocenters. The summed E-state index contributed by atoms with van der Waals surface area (Å²) in [4.78, 5) is 7.03. The third kappa shape index (κ3) is 4.47. The molecular formula is C19H30N4. The van der Waals surface area contributed by atoms with Gasteiger partial charge >= 0.3 is 0 Å². The molecule has 0 spiro atoms. The molecule has 1 aliphatic heterocycles. The number of benzene rings is 1. The van der Waals surface area contributed by atoms with Crippen molar-refractivity contribution < 1.29 is 0 Å². The summed E-state index contributed by atoms with van der Waals surface area (Å²) in [6, 6.07) is 9.99. The quantitative estimate of drug-likeness (QED) is 0.878. The molecule has 1 heterocycles. The normalized spacial score (nSPS) is 22.0. The molecule has 0 saturated heterocycles. The van der Waals surface area contributed by atoms with Crippen molar-refractivity contribution in [1.82, 2.24) is 15.5 Å². The molecule has 0 radical (unpaired) electrons. The van der Waals surface area contributed by atoms with Gasteiger partial charge in [-0.3, -0.25) is 9.89 Å². The highest BCUT2D eigenvalue weighted by Gasteiger charge is 2.19. The lowest BCUT2D eigenvalue weighted by atomic mass is 9.94. The first kappa shape index (κ1) is 16.3. The second kappa shape index (κ2) is 7.82. The topological polar surface area (TPSA) is 39.7 Å². The van der Waals surface area contributed by atoms with E-state index in [9.17, 15) is 0 Å². The van der Waals surface area contributed by atoms with Gasteiger partial charge in [-0.05, 0) is 37.9 Å². The highest BCUT2D eigenvalue weighted by molar-refractivity contribution is 5.81. The fraction of sp³-hybridized carbons (Fsp3) is 0.632. The van der Waals surface area contributed by atoms with Crippen molar-refractivity contribution in [2.75, 3.05) is 13.6 Å². The highest BCUT2D eigenvalue weighted by atomic mass is 15.2. The van der Waals surface area contributed by atoms with Crippen LogP contribution >= 0.6 is 0 Å². The van der Waals surface area contributed by atoms with Crippen molar-refractivity contribution in [3.63, 3.8) is 0 Å². The summed E-state index contributed by atoms with van der Waals surface area (Å²) in [7, 11) is 2.28. The Morgan fingerprint density at radius 2 is 1.91 bits per heavy atom. The minimum atomic E-state index is 0.449. The van der Waals surface area contributed by atoms with E-state index in [1.165, 1.54) is 43.2 Å². The molecule has 23 heavy (non-hydrogen) atoms. The summed E-state index contributed by atoms with van der Waals surface area (Å²) < 4.78 is 0. The monoisotopic (exact) mass is 314 g/mol. The lowest BCUT2D eigenvalue weighted by Crippen LogP contribution is -2.37. The van der Waals surface area contributed by atoms with Crippen LogP contribution in [0.3, 0.4) is 0 Å². The average molecular weight is 314 g/mol. The number of hydrogen-bond acceptors (Lipinski definition) is 4. The van der Waals surface area contributed by atoms with Crippen LogP contribution in [0, 0.1) is 0 Å². The lowest BCUT2D eigenvalue weighted by molar-refractivity contribution is 0.184. The van der Waals surface area contributed by atoms with Gasteiger partial charge in [-0.25, -0.2) is 0 Å². The van der Waals surface area contributed by atoms with Crippen LogP contribution in [0.4, 0.5) is 0 Å². The van der Waals surface area contributed by atoms with Crippen molar-refractivity contribution in [3.8, 4) is 0 Å². The molecular weight excluding hydrogens is 284 g/mol. The highest BCUT2D eigenvalue weighted by Crippen LogP contribution is 2.23. The van der Waals surface area contributed by atoms with Crippen molar-refractivity contribution in [2.24, 2.45) is 4.99 Å². The van der Waals surface area contributed by atoms with Gasteiger partial charge in [-0.15, -0.1) is 0 Å². The van der Waals surface area contributed by atoms with Crippen LogP contribution in [0.25, 0.3) is 0 Å². The average Bonchev–Trinajstić information content (AvgIpc) is 3.00. The van der Waals surface area contributed by atoms with E-state index >= 15 is 0 Å².